The quantitative estimate of drug-likeness (QED) is 0.694. The van der Waals surface area contributed by atoms with Crippen LogP contribution in [0.5, 0.6) is 5.75 Å². The molecule has 3 aromatic rings. The van der Waals surface area contributed by atoms with Crippen molar-refractivity contribution < 1.29 is 14.6 Å². The minimum absolute atomic E-state index is 0.245. The fourth-order valence-corrected chi connectivity index (χ4v) is 2.78. The first-order valence-corrected chi connectivity index (χ1v) is 7.74. The normalized spacial score (nSPS) is 10.4. The van der Waals surface area contributed by atoms with E-state index in [2.05, 4.69) is 0 Å². The highest BCUT2D eigenvalue weighted by Gasteiger charge is 2.13. The molecule has 0 aliphatic rings. The molecule has 0 aliphatic carbocycles. The van der Waals surface area contributed by atoms with Crippen LogP contribution in [-0.2, 0) is 0 Å². The number of benzene rings is 3. The molecule has 1 N–H and O–H groups in total. The number of methoxy groups -OCH3 is 1. The summed E-state index contributed by atoms with van der Waals surface area (Å²) in [5.74, 6) is -0.192. The number of ether oxygens (including phenoxy) is 1. The Morgan fingerprint density at radius 1 is 0.917 bits per heavy atom. The summed E-state index contributed by atoms with van der Waals surface area (Å²) in [6.07, 6.45) is 0. The van der Waals surface area contributed by atoms with E-state index in [9.17, 15) is 9.90 Å². The molecule has 0 unspecified atom stereocenters. The molecule has 3 nitrogen and oxygen atoms in total. The molecule has 0 saturated carbocycles. The molecular formula is C20H15ClO3. The van der Waals surface area contributed by atoms with Crippen LogP contribution in [-0.4, -0.2) is 18.2 Å². The second-order valence-corrected chi connectivity index (χ2v) is 5.74. The van der Waals surface area contributed by atoms with Gasteiger partial charge in [-0.15, -0.1) is 0 Å². The number of hydrogen-bond acceptors (Lipinski definition) is 2. The fraction of sp³-hybridized carbons (Fsp3) is 0.0500. The predicted octanol–water partition coefficient (Wildman–Crippen LogP) is 5.38. The Kier molecular flexibility index (Phi) is 4.54. The molecule has 0 atom stereocenters. The maximum atomic E-state index is 11.6. The van der Waals surface area contributed by atoms with Crippen LogP contribution < -0.4 is 4.74 Å². The van der Waals surface area contributed by atoms with Crippen LogP contribution in [0.4, 0.5) is 0 Å². The van der Waals surface area contributed by atoms with Crippen molar-refractivity contribution in [3.05, 3.63) is 77.3 Å². The molecule has 0 heterocycles. The Hall–Kier alpha value is -2.78. The van der Waals surface area contributed by atoms with Crippen molar-refractivity contribution in [2.45, 2.75) is 0 Å². The van der Waals surface area contributed by atoms with Gasteiger partial charge in [0, 0.05) is 5.02 Å². The average molecular weight is 339 g/mol. The van der Waals surface area contributed by atoms with Gasteiger partial charge in [0.05, 0.1) is 12.7 Å². The number of carboxylic acids is 1. The minimum atomic E-state index is -0.966. The van der Waals surface area contributed by atoms with E-state index >= 15 is 0 Å². The van der Waals surface area contributed by atoms with Crippen LogP contribution in [0.25, 0.3) is 22.3 Å². The van der Waals surface area contributed by atoms with Crippen LogP contribution in [0.3, 0.4) is 0 Å². The average Bonchev–Trinajstić information content (AvgIpc) is 2.61. The van der Waals surface area contributed by atoms with Gasteiger partial charge in [0.2, 0.25) is 0 Å². The van der Waals surface area contributed by atoms with Crippen molar-refractivity contribution in [2.75, 3.05) is 7.11 Å². The van der Waals surface area contributed by atoms with E-state index in [4.69, 9.17) is 16.3 Å². The molecule has 3 rings (SSSR count). The van der Waals surface area contributed by atoms with Crippen LogP contribution in [0, 0.1) is 0 Å². The van der Waals surface area contributed by atoms with Gasteiger partial charge >= 0.3 is 5.97 Å². The largest absolute Gasteiger partial charge is 0.497 e. The van der Waals surface area contributed by atoms with E-state index in [0.717, 1.165) is 22.4 Å². The number of aromatic carboxylic acids is 1. The first kappa shape index (κ1) is 16.1. The number of rotatable bonds is 4. The highest BCUT2D eigenvalue weighted by molar-refractivity contribution is 6.30. The third-order valence-corrected chi connectivity index (χ3v) is 4.04. The van der Waals surface area contributed by atoms with Gasteiger partial charge in [-0.05, 0) is 58.7 Å². The summed E-state index contributed by atoms with van der Waals surface area (Å²) >= 11 is 6.06. The van der Waals surface area contributed by atoms with Gasteiger partial charge in [-0.3, -0.25) is 0 Å². The molecular weight excluding hydrogens is 324 g/mol. The summed E-state index contributed by atoms with van der Waals surface area (Å²) in [6.45, 7) is 0. The molecule has 0 saturated heterocycles. The Morgan fingerprint density at radius 3 is 2.25 bits per heavy atom. The van der Waals surface area contributed by atoms with E-state index < -0.39 is 5.97 Å². The van der Waals surface area contributed by atoms with Crippen LogP contribution in [0.1, 0.15) is 10.4 Å². The SMILES string of the molecule is COc1ccc(-c2ccc(C(=O)O)c(-c3cccc(Cl)c3)c2)cc1. The Morgan fingerprint density at radius 2 is 1.62 bits per heavy atom. The van der Waals surface area contributed by atoms with Gasteiger partial charge in [-0.2, -0.15) is 0 Å². The van der Waals surface area contributed by atoms with E-state index in [-0.39, 0.29) is 5.56 Å². The lowest BCUT2D eigenvalue weighted by atomic mass is 9.94. The smallest absolute Gasteiger partial charge is 0.336 e. The topological polar surface area (TPSA) is 46.5 Å². The van der Waals surface area contributed by atoms with Crippen molar-refractivity contribution in [2.24, 2.45) is 0 Å². The predicted molar refractivity (Wildman–Crippen MR) is 95.8 cm³/mol. The zero-order chi connectivity index (χ0) is 17.1. The maximum absolute atomic E-state index is 11.6. The number of carboxylic acid groups (broad SMARTS) is 1. The molecule has 4 heteroatoms. The van der Waals surface area contributed by atoms with Gasteiger partial charge in [-0.1, -0.05) is 41.9 Å². The molecule has 120 valence electrons. The molecule has 0 radical (unpaired) electrons. The second kappa shape index (κ2) is 6.77. The molecule has 24 heavy (non-hydrogen) atoms. The summed E-state index contributed by atoms with van der Waals surface area (Å²) in [6, 6.07) is 20.1. The summed E-state index contributed by atoms with van der Waals surface area (Å²) in [5, 5.41) is 10.0. The van der Waals surface area contributed by atoms with E-state index in [1.807, 2.05) is 42.5 Å². The maximum Gasteiger partial charge on any atom is 0.336 e. The minimum Gasteiger partial charge on any atom is -0.497 e. The Labute approximate surface area is 145 Å². The van der Waals surface area contributed by atoms with E-state index in [1.54, 1.807) is 31.4 Å². The summed E-state index contributed by atoms with van der Waals surface area (Å²) in [7, 11) is 1.62. The van der Waals surface area contributed by atoms with E-state index in [0.29, 0.717) is 10.6 Å². The second-order valence-electron chi connectivity index (χ2n) is 5.30. The number of hydrogen-bond donors (Lipinski definition) is 1. The van der Waals surface area contributed by atoms with E-state index in [1.165, 1.54) is 0 Å². The van der Waals surface area contributed by atoms with Crippen molar-refractivity contribution in [1.29, 1.82) is 0 Å². The van der Waals surface area contributed by atoms with Crippen LogP contribution in [0.15, 0.2) is 66.7 Å². The van der Waals surface area contributed by atoms with Crippen molar-refractivity contribution >= 4 is 17.6 Å². The summed E-state index contributed by atoms with van der Waals surface area (Å²) < 4.78 is 5.17. The lowest BCUT2D eigenvalue weighted by Gasteiger charge is -2.11. The fourth-order valence-electron chi connectivity index (χ4n) is 2.59. The number of halogens is 1. The third kappa shape index (κ3) is 3.26. The van der Waals surface area contributed by atoms with Gasteiger partial charge in [0.25, 0.3) is 0 Å². The number of carbonyl (C=O) groups is 1. The van der Waals surface area contributed by atoms with Gasteiger partial charge < -0.3 is 9.84 Å². The molecule has 3 aromatic carbocycles. The molecule has 0 bridgehead atoms. The highest BCUT2D eigenvalue weighted by Crippen LogP contribution is 2.31. The van der Waals surface area contributed by atoms with Crippen molar-refractivity contribution in [3.8, 4) is 28.0 Å². The Bertz CT molecular complexity index is 886. The lowest BCUT2D eigenvalue weighted by Crippen LogP contribution is -2.00. The zero-order valence-electron chi connectivity index (χ0n) is 13.0. The molecule has 0 aromatic heterocycles. The van der Waals surface area contributed by atoms with Crippen molar-refractivity contribution in [3.63, 3.8) is 0 Å². The van der Waals surface area contributed by atoms with Gasteiger partial charge in [0.15, 0.2) is 0 Å². The third-order valence-electron chi connectivity index (χ3n) is 3.81. The summed E-state index contributed by atoms with van der Waals surface area (Å²) in [5.41, 5.74) is 3.57. The van der Waals surface area contributed by atoms with Crippen LogP contribution >= 0.6 is 11.6 Å². The molecule has 0 aliphatic heterocycles. The molecule has 0 spiro atoms. The Balaban J connectivity index is 2.13. The lowest BCUT2D eigenvalue weighted by molar-refractivity contribution is 0.0698. The first-order chi connectivity index (χ1) is 11.6. The monoisotopic (exact) mass is 338 g/mol. The van der Waals surface area contributed by atoms with Crippen LogP contribution in [0.2, 0.25) is 5.02 Å². The van der Waals surface area contributed by atoms with Gasteiger partial charge in [-0.25, -0.2) is 4.79 Å². The molecule has 0 amide bonds. The van der Waals surface area contributed by atoms with Crippen molar-refractivity contribution in [1.82, 2.24) is 0 Å². The summed E-state index contributed by atoms with van der Waals surface area (Å²) in [4.78, 5) is 11.6. The standard InChI is InChI=1S/C20H15ClO3/c1-24-17-8-5-13(6-9-17)14-7-10-18(20(22)23)19(12-14)15-3-2-4-16(21)11-15/h2-12H,1H3,(H,22,23). The zero-order valence-corrected chi connectivity index (χ0v) is 13.7. The molecule has 0 fully saturated rings. The van der Waals surface area contributed by atoms with Gasteiger partial charge in [0.1, 0.15) is 5.75 Å². The highest BCUT2D eigenvalue weighted by atomic mass is 35.5. The first-order valence-electron chi connectivity index (χ1n) is 7.36.